The van der Waals surface area contributed by atoms with Crippen molar-refractivity contribution in [2.24, 2.45) is 5.92 Å². The van der Waals surface area contributed by atoms with Gasteiger partial charge in [-0.05, 0) is 55.7 Å². The molecular formula is C16H21F3N2. The Hall–Kier alpha value is -1.10. The second kappa shape index (κ2) is 5.95. The molecule has 2 atom stereocenters. The number of hydrogen-bond acceptors (Lipinski definition) is 2. The highest BCUT2D eigenvalue weighted by Crippen LogP contribution is 2.43. The fourth-order valence-corrected chi connectivity index (χ4v) is 3.43. The molecule has 1 heterocycles. The van der Waals surface area contributed by atoms with Crippen LogP contribution in [0.2, 0.25) is 0 Å². The molecule has 2 saturated carbocycles. The molecule has 0 amide bonds. The Balaban J connectivity index is 1.81. The number of pyridine rings is 1. The Morgan fingerprint density at radius 1 is 1.14 bits per heavy atom. The Kier molecular flexibility index (Phi) is 4.20. The SMILES string of the molecule is FC(F)(F)c1ccncc1C1CCCCC1CNC1CC1. The van der Waals surface area contributed by atoms with Crippen molar-refractivity contribution in [2.45, 2.75) is 56.7 Å². The van der Waals surface area contributed by atoms with Crippen molar-refractivity contribution in [1.82, 2.24) is 10.3 Å². The van der Waals surface area contributed by atoms with Gasteiger partial charge in [0.15, 0.2) is 0 Å². The van der Waals surface area contributed by atoms with Gasteiger partial charge in [-0.15, -0.1) is 0 Å². The van der Waals surface area contributed by atoms with Gasteiger partial charge in [-0.25, -0.2) is 0 Å². The van der Waals surface area contributed by atoms with E-state index in [4.69, 9.17) is 0 Å². The molecule has 0 aromatic carbocycles. The van der Waals surface area contributed by atoms with Crippen LogP contribution in [0.3, 0.4) is 0 Å². The number of hydrogen-bond donors (Lipinski definition) is 1. The summed E-state index contributed by atoms with van der Waals surface area (Å²) in [6.07, 6.45) is 4.78. The van der Waals surface area contributed by atoms with Crippen LogP contribution in [-0.2, 0) is 6.18 Å². The second-order valence-corrected chi connectivity index (χ2v) is 6.29. The van der Waals surface area contributed by atoms with Gasteiger partial charge in [0.2, 0.25) is 0 Å². The van der Waals surface area contributed by atoms with Crippen molar-refractivity contribution in [3.8, 4) is 0 Å². The summed E-state index contributed by atoms with van der Waals surface area (Å²) in [5.41, 5.74) is -0.104. The molecule has 2 aliphatic rings. The average Bonchev–Trinajstić information content (AvgIpc) is 3.29. The highest BCUT2D eigenvalue weighted by Gasteiger charge is 2.38. The summed E-state index contributed by atoms with van der Waals surface area (Å²) in [6.45, 7) is 0.835. The number of alkyl halides is 3. The monoisotopic (exact) mass is 298 g/mol. The Morgan fingerprint density at radius 2 is 1.90 bits per heavy atom. The molecule has 2 unspecified atom stereocenters. The molecule has 21 heavy (non-hydrogen) atoms. The van der Waals surface area contributed by atoms with Gasteiger partial charge in [0, 0.05) is 18.4 Å². The lowest BCUT2D eigenvalue weighted by molar-refractivity contribution is -0.138. The maximum Gasteiger partial charge on any atom is 0.416 e. The number of aromatic nitrogens is 1. The van der Waals surface area contributed by atoms with E-state index >= 15 is 0 Å². The first kappa shape index (κ1) is 14.8. The molecule has 2 nitrogen and oxygen atoms in total. The predicted molar refractivity (Wildman–Crippen MR) is 75.0 cm³/mol. The minimum absolute atomic E-state index is 0.0182. The molecule has 1 N–H and O–H groups in total. The minimum Gasteiger partial charge on any atom is -0.314 e. The number of nitrogens with one attached hydrogen (secondary N) is 1. The Labute approximate surface area is 123 Å². The molecule has 116 valence electrons. The van der Waals surface area contributed by atoms with E-state index in [1.807, 2.05) is 0 Å². The third-order valence-electron chi connectivity index (χ3n) is 4.71. The van der Waals surface area contributed by atoms with E-state index in [-0.39, 0.29) is 5.92 Å². The summed E-state index contributed by atoms with van der Waals surface area (Å²) < 4.78 is 39.6. The summed E-state index contributed by atoms with van der Waals surface area (Å²) in [7, 11) is 0. The van der Waals surface area contributed by atoms with Gasteiger partial charge < -0.3 is 5.32 Å². The van der Waals surface area contributed by atoms with Crippen molar-refractivity contribution >= 4 is 0 Å². The topological polar surface area (TPSA) is 24.9 Å². The molecule has 0 bridgehead atoms. The maximum absolute atomic E-state index is 13.2. The molecule has 0 radical (unpaired) electrons. The summed E-state index contributed by atoms with van der Waals surface area (Å²) in [6, 6.07) is 1.72. The van der Waals surface area contributed by atoms with E-state index < -0.39 is 11.7 Å². The van der Waals surface area contributed by atoms with Crippen LogP contribution in [0.15, 0.2) is 18.5 Å². The van der Waals surface area contributed by atoms with Crippen LogP contribution in [0.5, 0.6) is 0 Å². The zero-order chi connectivity index (χ0) is 14.9. The number of nitrogens with zero attached hydrogens (tertiary/aromatic N) is 1. The molecular weight excluding hydrogens is 277 g/mol. The lowest BCUT2D eigenvalue weighted by Gasteiger charge is -2.33. The fourth-order valence-electron chi connectivity index (χ4n) is 3.43. The van der Waals surface area contributed by atoms with E-state index in [1.54, 1.807) is 0 Å². The molecule has 5 heteroatoms. The van der Waals surface area contributed by atoms with Crippen LogP contribution < -0.4 is 5.32 Å². The van der Waals surface area contributed by atoms with E-state index in [0.717, 1.165) is 38.3 Å². The first-order valence-corrected chi connectivity index (χ1v) is 7.80. The molecule has 2 aliphatic carbocycles. The van der Waals surface area contributed by atoms with Gasteiger partial charge in [0.1, 0.15) is 0 Å². The molecule has 0 aliphatic heterocycles. The summed E-state index contributed by atoms with van der Waals surface area (Å²) in [5, 5.41) is 3.48. The zero-order valence-electron chi connectivity index (χ0n) is 12.0. The minimum atomic E-state index is -4.29. The van der Waals surface area contributed by atoms with Crippen LogP contribution in [-0.4, -0.2) is 17.6 Å². The van der Waals surface area contributed by atoms with Crippen molar-refractivity contribution < 1.29 is 13.2 Å². The van der Waals surface area contributed by atoms with Gasteiger partial charge in [0.25, 0.3) is 0 Å². The molecule has 1 aromatic rings. The third kappa shape index (κ3) is 3.57. The van der Waals surface area contributed by atoms with Crippen LogP contribution in [0, 0.1) is 5.92 Å². The lowest BCUT2D eigenvalue weighted by atomic mass is 9.74. The maximum atomic E-state index is 13.2. The fraction of sp³-hybridized carbons (Fsp3) is 0.688. The van der Waals surface area contributed by atoms with Crippen molar-refractivity contribution in [1.29, 1.82) is 0 Å². The standard InChI is InChI=1S/C16H21F3N2/c17-16(18,19)15-7-8-20-10-14(15)13-4-2-1-3-11(13)9-21-12-5-6-12/h7-8,10-13,21H,1-6,9H2. The highest BCUT2D eigenvalue weighted by molar-refractivity contribution is 5.30. The van der Waals surface area contributed by atoms with Crippen molar-refractivity contribution in [2.75, 3.05) is 6.54 Å². The van der Waals surface area contributed by atoms with E-state index in [2.05, 4.69) is 10.3 Å². The lowest BCUT2D eigenvalue weighted by Crippen LogP contribution is -2.31. The smallest absolute Gasteiger partial charge is 0.314 e. The predicted octanol–water partition coefficient (Wildman–Crippen LogP) is 4.13. The van der Waals surface area contributed by atoms with Crippen molar-refractivity contribution in [3.63, 3.8) is 0 Å². The first-order chi connectivity index (χ1) is 10.1. The molecule has 1 aromatic heterocycles. The molecule has 0 spiro atoms. The quantitative estimate of drug-likeness (QED) is 0.904. The van der Waals surface area contributed by atoms with Gasteiger partial charge >= 0.3 is 6.18 Å². The van der Waals surface area contributed by atoms with Crippen LogP contribution >= 0.6 is 0 Å². The molecule has 3 rings (SSSR count). The molecule has 2 fully saturated rings. The Bertz CT molecular complexity index is 483. The average molecular weight is 298 g/mol. The normalized spacial score (nSPS) is 26.8. The van der Waals surface area contributed by atoms with Crippen LogP contribution in [0.25, 0.3) is 0 Å². The number of rotatable bonds is 4. The number of halogens is 3. The summed E-state index contributed by atoms with van der Waals surface area (Å²) in [4.78, 5) is 3.96. The van der Waals surface area contributed by atoms with Crippen LogP contribution in [0.4, 0.5) is 13.2 Å². The van der Waals surface area contributed by atoms with E-state index in [0.29, 0.717) is 17.5 Å². The van der Waals surface area contributed by atoms with Gasteiger partial charge in [-0.1, -0.05) is 12.8 Å². The van der Waals surface area contributed by atoms with Gasteiger partial charge in [0.05, 0.1) is 5.56 Å². The van der Waals surface area contributed by atoms with Crippen molar-refractivity contribution in [3.05, 3.63) is 29.6 Å². The van der Waals surface area contributed by atoms with E-state index in [1.165, 1.54) is 25.2 Å². The second-order valence-electron chi connectivity index (χ2n) is 6.29. The highest BCUT2D eigenvalue weighted by atomic mass is 19.4. The summed E-state index contributed by atoms with van der Waals surface area (Å²) in [5.74, 6) is 0.278. The largest absolute Gasteiger partial charge is 0.416 e. The zero-order valence-corrected chi connectivity index (χ0v) is 12.0. The van der Waals surface area contributed by atoms with Crippen LogP contribution in [0.1, 0.15) is 55.6 Å². The van der Waals surface area contributed by atoms with Gasteiger partial charge in [-0.3, -0.25) is 4.98 Å². The van der Waals surface area contributed by atoms with Gasteiger partial charge in [-0.2, -0.15) is 13.2 Å². The molecule has 0 saturated heterocycles. The van der Waals surface area contributed by atoms with E-state index in [9.17, 15) is 13.2 Å². The summed E-state index contributed by atoms with van der Waals surface area (Å²) >= 11 is 0. The third-order valence-corrected chi connectivity index (χ3v) is 4.71. The first-order valence-electron chi connectivity index (χ1n) is 7.80. The Morgan fingerprint density at radius 3 is 2.62 bits per heavy atom.